The van der Waals surface area contributed by atoms with Crippen LogP contribution < -0.4 is 5.73 Å². The van der Waals surface area contributed by atoms with E-state index in [-0.39, 0.29) is 6.04 Å². The molecule has 3 nitrogen and oxygen atoms in total. The van der Waals surface area contributed by atoms with E-state index < -0.39 is 0 Å². The molecule has 0 saturated carbocycles. The van der Waals surface area contributed by atoms with Crippen LogP contribution in [-0.4, -0.2) is 31.6 Å². The van der Waals surface area contributed by atoms with Crippen molar-refractivity contribution in [2.24, 2.45) is 5.73 Å². The Balaban J connectivity index is 3.19. The number of nitrogens with zero attached hydrogens (tertiary/aromatic N) is 2. The summed E-state index contributed by atoms with van der Waals surface area (Å²) in [4.78, 5) is 2.01. The van der Waals surface area contributed by atoms with Gasteiger partial charge in [-0.15, -0.1) is 0 Å². The van der Waals surface area contributed by atoms with Gasteiger partial charge in [0.15, 0.2) is 0 Å². The molecular formula is C6H13N3. The van der Waals surface area contributed by atoms with Gasteiger partial charge in [0.1, 0.15) is 0 Å². The van der Waals surface area contributed by atoms with Crippen LogP contribution in [0, 0.1) is 11.3 Å². The second-order valence-electron chi connectivity index (χ2n) is 2.33. The van der Waals surface area contributed by atoms with Crippen molar-refractivity contribution in [3.63, 3.8) is 0 Å². The maximum Gasteiger partial charge on any atom is 0.0940 e. The van der Waals surface area contributed by atoms with E-state index in [0.29, 0.717) is 0 Å². The first-order valence-corrected chi connectivity index (χ1v) is 2.96. The summed E-state index contributed by atoms with van der Waals surface area (Å²) in [5.41, 5.74) is 5.33. The Morgan fingerprint density at radius 2 is 2.22 bits per heavy atom. The molecule has 1 unspecified atom stereocenters. The van der Waals surface area contributed by atoms with Crippen LogP contribution in [0.1, 0.15) is 6.42 Å². The average molecular weight is 127 g/mol. The van der Waals surface area contributed by atoms with Gasteiger partial charge in [0, 0.05) is 6.54 Å². The van der Waals surface area contributed by atoms with Crippen molar-refractivity contribution in [2.75, 3.05) is 20.6 Å². The second kappa shape index (κ2) is 4.30. The molecule has 0 aliphatic heterocycles. The minimum absolute atomic E-state index is 0.299. The summed E-state index contributed by atoms with van der Waals surface area (Å²) in [6.07, 6.45) is 0.753. The van der Waals surface area contributed by atoms with Gasteiger partial charge in [0.05, 0.1) is 12.1 Å². The summed E-state index contributed by atoms with van der Waals surface area (Å²) in [5, 5.41) is 8.25. The molecule has 0 bridgehead atoms. The molecule has 0 radical (unpaired) electrons. The highest BCUT2D eigenvalue weighted by molar-refractivity contribution is 4.86. The normalized spacial score (nSPS) is 13.2. The van der Waals surface area contributed by atoms with E-state index in [1.807, 2.05) is 25.1 Å². The summed E-state index contributed by atoms with van der Waals surface area (Å²) in [7, 11) is 3.92. The molecule has 0 spiro atoms. The van der Waals surface area contributed by atoms with Gasteiger partial charge in [-0.25, -0.2) is 0 Å². The SMILES string of the molecule is CN(C)CCC(N)C#N. The Labute approximate surface area is 56.1 Å². The lowest BCUT2D eigenvalue weighted by atomic mass is 10.2. The first-order valence-electron chi connectivity index (χ1n) is 2.96. The highest BCUT2D eigenvalue weighted by Gasteiger charge is 1.98. The fourth-order valence-corrected chi connectivity index (χ4v) is 0.462. The topological polar surface area (TPSA) is 53.0 Å². The Hall–Kier alpha value is -0.590. The number of nitrogens with two attached hydrogens (primary N) is 1. The molecule has 0 heterocycles. The van der Waals surface area contributed by atoms with Crippen molar-refractivity contribution in [3.8, 4) is 6.07 Å². The summed E-state index contributed by atoms with van der Waals surface area (Å²) in [6, 6.07) is 1.67. The third kappa shape index (κ3) is 5.28. The lowest BCUT2D eigenvalue weighted by Crippen LogP contribution is -2.24. The van der Waals surface area contributed by atoms with Gasteiger partial charge in [0.2, 0.25) is 0 Å². The van der Waals surface area contributed by atoms with Gasteiger partial charge >= 0.3 is 0 Å². The minimum atomic E-state index is -0.299. The molecule has 0 aromatic heterocycles. The molecule has 9 heavy (non-hydrogen) atoms. The highest BCUT2D eigenvalue weighted by atomic mass is 15.0. The molecule has 0 fully saturated rings. The van der Waals surface area contributed by atoms with Gasteiger partial charge in [-0.2, -0.15) is 5.26 Å². The quantitative estimate of drug-likeness (QED) is 0.570. The van der Waals surface area contributed by atoms with Crippen LogP contribution in [0.3, 0.4) is 0 Å². The minimum Gasteiger partial charge on any atom is -0.316 e. The van der Waals surface area contributed by atoms with Crippen molar-refractivity contribution in [2.45, 2.75) is 12.5 Å². The lowest BCUT2D eigenvalue weighted by Gasteiger charge is -2.08. The number of rotatable bonds is 3. The van der Waals surface area contributed by atoms with E-state index in [2.05, 4.69) is 0 Å². The maximum atomic E-state index is 8.25. The number of hydrogen-bond acceptors (Lipinski definition) is 3. The monoisotopic (exact) mass is 127 g/mol. The zero-order valence-corrected chi connectivity index (χ0v) is 5.96. The lowest BCUT2D eigenvalue weighted by molar-refractivity contribution is 0.393. The zero-order valence-electron chi connectivity index (χ0n) is 5.96. The predicted octanol–water partition coefficient (Wildman–Crippen LogP) is -0.211. The first-order chi connectivity index (χ1) is 4.16. The third-order valence-corrected chi connectivity index (χ3v) is 1.05. The van der Waals surface area contributed by atoms with Crippen LogP contribution in [0.25, 0.3) is 0 Å². The molecule has 1 atom stereocenters. The molecule has 0 saturated heterocycles. The molecule has 0 aliphatic carbocycles. The van der Waals surface area contributed by atoms with E-state index in [0.717, 1.165) is 13.0 Å². The summed E-state index contributed by atoms with van der Waals surface area (Å²) < 4.78 is 0. The Morgan fingerprint density at radius 3 is 2.56 bits per heavy atom. The van der Waals surface area contributed by atoms with Crippen LogP contribution in [-0.2, 0) is 0 Å². The van der Waals surface area contributed by atoms with Crippen molar-refractivity contribution in [1.29, 1.82) is 5.26 Å². The van der Waals surface area contributed by atoms with E-state index >= 15 is 0 Å². The second-order valence-corrected chi connectivity index (χ2v) is 2.33. The number of nitriles is 1. The van der Waals surface area contributed by atoms with Crippen molar-refractivity contribution in [3.05, 3.63) is 0 Å². The zero-order chi connectivity index (χ0) is 7.28. The fraction of sp³-hybridized carbons (Fsp3) is 0.833. The van der Waals surface area contributed by atoms with Gasteiger partial charge in [-0.3, -0.25) is 0 Å². The smallest absolute Gasteiger partial charge is 0.0940 e. The van der Waals surface area contributed by atoms with Crippen LogP contribution >= 0.6 is 0 Å². The van der Waals surface area contributed by atoms with Gasteiger partial charge < -0.3 is 10.6 Å². The standard InChI is InChI=1S/C6H13N3/c1-9(2)4-3-6(8)5-7/h6H,3-4,8H2,1-2H3. The van der Waals surface area contributed by atoms with Crippen LogP contribution in [0.15, 0.2) is 0 Å². The molecule has 0 aromatic rings. The van der Waals surface area contributed by atoms with Crippen LogP contribution in [0.4, 0.5) is 0 Å². The van der Waals surface area contributed by atoms with Gasteiger partial charge in [-0.05, 0) is 20.5 Å². The summed E-state index contributed by atoms with van der Waals surface area (Å²) >= 11 is 0. The van der Waals surface area contributed by atoms with Gasteiger partial charge in [-0.1, -0.05) is 0 Å². The van der Waals surface area contributed by atoms with Crippen molar-refractivity contribution < 1.29 is 0 Å². The molecule has 2 N–H and O–H groups in total. The Kier molecular flexibility index (Phi) is 4.02. The molecule has 0 amide bonds. The molecule has 0 aromatic carbocycles. The van der Waals surface area contributed by atoms with E-state index in [9.17, 15) is 0 Å². The summed E-state index contributed by atoms with van der Waals surface area (Å²) in [6.45, 7) is 0.884. The Morgan fingerprint density at radius 1 is 1.67 bits per heavy atom. The van der Waals surface area contributed by atoms with E-state index in [1.165, 1.54) is 0 Å². The molecule has 0 aliphatic rings. The Bertz CT molecular complexity index is 103. The third-order valence-electron chi connectivity index (χ3n) is 1.05. The first kappa shape index (κ1) is 8.41. The average Bonchev–Trinajstić information content (AvgIpc) is 1.83. The van der Waals surface area contributed by atoms with Gasteiger partial charge in [0.25, 0.3) is 0 Å². The van der Waals surface area contributed by atoms with Crippen molar-refractivity contribution >= 4 is 0 Å². The van der Waals surface area contributed by atoms with Crippen LogP contribution in [0.2, 0.25) is 0 Å². The van der Waals surface area contributed by atoms with E-state index in [1.54, 1.807) is 0 Å². The summed E-state index contributed by atoms with van der Waals surface area (Å²) in [5.74, 6) is 0. The highest BCUT2D eigenvalue weighted by Crippen LogP contribution is 1.86. The molecule has 0 rings (SSSR count). The molecule has 3 heteroatoms. The van der Waals surface area contributed by atoms with Crippen molar-refractivity contribution in [1.82, 2.24) is 4.90 Å². The van der Waals surface area contributed by atoms with Crippen LogP contribution in [0.5, 0.6) is 0 Å². The molecule has 52 valence electrons. The predicted molar refractivity (Wildman–Crippen MR) is 36.8 cm³/mol. The number of hydrogen-bond donors (Lipinski definition) is 1. The van der Waals surface area contributed by atoms with E-state index in [4.69, 9.17) is 11.0 Å². The largest absolute Gasteiger partial charge is 0.316 e. The molecular weight excluding hydrogens is 114 g/mol. The maximum absolute atomic E-state index is 8.25. The fourth-order valence-electron chi connectivity index (χ4n) is 0.462.